The smallest absolute Gasteiger partial charge is 0.0834 e. The number of halogens is 1. The van der Waals surface area contributed by atoms with E-state index in [2.05, 4.69) is 42.8 Å². The van der Waals surface area contributed by atoms with Crippen molar-refractivity contribution in [1.29, 1.82) is 0 Å². The maximum absolute atomic E-state index is 6.38. The molecule has 0 saturated heterocycles. The van der Waals surface area contributed by atoms with Crippen LogP contribution in [0.25, 0.3) is 0 Å². The minimum atomic E-state index is 0.323. The van der Waals surface area contributed by atoms with Crippen LogP contribution in [-0.2, 0) is 0 Å². The SMILES string of the molecule is CCCCCCC(NCCC)c1c(Cl)cnn1C(C)C. The van der Waals surface area contributed by atoms with Gasteiger partial charge in [-0.3, -0.25) is 4.68 Å². The highest BCUT2D eigenvalue weighted by Crippen LogP contribution is 2.29. The maximum atomic E-state index is 6.38. The summed E-state index contributed by atoms with van der Waals surface area (Å²) in [6.45, 7) is 9.78. The summed E-state index contributed by atoms with van der Waals surface area (Å²) in [6, 6.07) is 0.670. The predicted octanol–water partition coefficient (Wildman–Crippen LogP) is 5.13. The number of rotatable bonds is 10. The molecule has 0 aromatic carbocycles. The van der Waals surface area contributed by atoms with Gasteiger partial charge >= 0.3 is 0 Å². The van der Waals surface area contributed by atoms with Crippen LogP contribution in [0.5, 0.6) is 0 Å². The molecule has 1 atom stereocenters. The molecule has 1 aromatic rings. The molecule has 116 valence electrons. The van der Waals surface area contributed by atoms with Crippen LogP contribution in [-0.4, -0.2) is 16.3 Å². The highest BCUT2D eigenvalue weighted by Gasteiger charge is 2.20. The van der Waals surface area contributed by atoms with Crippen molar-refractivity contribution in [2.75, 3.05) is 6.54 Å². The van der Waals surface area contributed by atoms with Gasteiger partial charge in [0.2, 0.25) is 0 Å². The van der Waals surface area contributed by atoms with Crippen LogP contribution in [0.1, 0.15) is 84.0 Å². The van der Waals surface area contributed by atoms with Gasteiger partial charge in [0.05, 0.1) is 23.0 Å². The molecule has 0 radical (unpaired) electrons. The summed E-state index contributed by atoms with van der Waals surface area (Å²) in [5.41, 5.74) is 1.16. The molecular weight excluding hydrogens is 270 g/mol. The van der Waals surface area contributed by atoms with E-state index in [0.717, 1.165) is 30.1 Å². The third-order valence-electron chi connectivity index (χ3n) is 3.59. The summed E-state index contributed by atoms with van der Waals surface area (Å²) in [4.78, 5) is 0. The highest BCUT2D eigenvalue weighted by molar-refractivity contribution is 6.31. The molecule has 1 unspecified atom stereocenters. The Labute approximate surface area is 129 Å². The standard InChI is InChI=1S/C16H30ClN3/c1-5-7-8-9-10-15(18-11-6-2)16-14(17)12-19-20(16)13(3)4/h12-13,15,18H,5-11H2,1-4H3. The second-order valence-corrected chi connectivity index (χ2v) is 6.18. The van der Waals surface area contributed by atoms with Crippen LogP contribution in [0, 0.1) is 0 Å². The minimum absolute atomic E-state index is 0.323. The molecule has 1 aromatic heterocycles. The van der Waals surface area contributed by atoms with E-state index in [4.69, 9.17) is 11.6 Å². The summed E-state index contributed by atoms with van der Waals surface area (Å²) in [7, 11) is 0. The fraction of sp³-hybridized carbons (Fsp3) is 0.812. The Morgan fingerprint density at radius 2 is 1.95 bits per heavy atom. The van der Waals surface area contributed by atoms with E-state index >= 15 is 0 Å². The summed E-state index contributed by atoms with van der Waals surface area (Å²) in [5.74, 6) is 0. The lowest BCUT2D eigenvalue weighted by molar-refractivity contribution is 0.414. The zero-order chi connectivity index (χ0) is 15.0. The molecule has 4 heteroatoms. The first kappa shape index (κ1) is 17.5. The summed E-state index contributed by atoms with van der Waals surface area (Å²) in [6.07, 6.45) is 9.19. The van der Waals surface area contributed by atoms with Gasteiger partial charge in [0.15, 0.2) is 0 Å². The quantitative estimate of drug-likeness (QED) is 0.607. The Morgan fingerprint density at radius 3 is 2.55 bits per heavy atom. The van der Waals surface area contributed by atoms with Gasteiger partial charge in [-0.25, -0.2) is 0 Å². The maximum Gasteiger partial charge on any atom is 0.0834 e. The van der Waals surface area contributed by atoms with Gasteiger partial charge in [-0.2, -0.15) is 5.10 Å². The van der Waals surface area contributed by atoms with Gasteiger partial charge in [0.1, 0.15) is 0 Å². The summed E-state index contributed by atoms with van der Waals surface area (Å²) in [5, 5.41) is 8.87. The Bertz CT molecular complexity index is 374. The Balaban J connectivity index is 2.78. The molecule has 3 nitrogen and oxygen atoms in total. The summed E-state index contributed by atoms with van der Waals surface area (Å²) < 4.78 is 2.06. The summed E-state index contributed by atoms with van der Waals surface area (Å²) >= 11 is 6.38. The number of nitrogens with zero attached hydrogens (tertiary/aromatic N) is 2. The third-order valence-corrected chi connectivity index (χ3v) is 3.88. The average molecular weight is 300 g/mol. The molecule has 1 rings (SSSR count). The van der Waals surface area contributed by atoms with Gasteiger partial charge in [0.25, 0.3) is 0 Å². The van der Waals surface area contributed by atoms with Crippen molar-refractivity contribution in [1.82, 2.24) is 15.1 Å². The number of hydrogen-bond acceptors (Lipinski definition) is 2. The van der Waals surface area contributed by atoms with E-state index in [9.17, 15) is 0 Å². The van der Waals surface area contributed by atoms with Crippen LogP contribution >= 0.6 is 11.6 Å². The van der Waals surface area contributed by atoms with E-state index in [0.29, 0.717) is 12.1 Å². The Morgan fingerprint density at radius 1 is 1.20 bits per heavy atom. The van der Waals surface area contributed by atoms with Gasteiger partial charge in [-0.05, 0) is 33.2 Å². The second-order valence-electron chi connectivity index (χ2n) is 5.77. The van der Waals surface area contributed by atoms with Gasteiger partial charge < -0.3 is 5.32 Å². The molecule has 0 saturated carbocycles. The number of unbranched alkanes of at least 4 members (excludes halogenated alkanes) is 3. The van der Waals surface area contributed by atoms with Crippen LogP contribution in [0.2, 0.25) is 5.02 Å². The van der Waals surface area contributed by atoms with Crippen molar-refractivity contribution in [2.45, 2.75) is 78.3 Å². The fourth-order valence-corrected chi connectivity index (χ4v) is 2.78. The molecule has 0 aliphatic carbocycles. The molecule has 0 bridgehead atoms. The van der Waals surface area contributed by atoms with E-state index < -0.39 is 0 Å². The molecule has 0 fully saturated rings. The van der Waals surface area contributed by atoms with Crippen LogP contribution in [0.4, 0.5) is 0 Å². The lowest BCUT2D eigenvalue weighted by atomic mass is 10.0. The van der Waals surface area contributed by atoms with Crippen molar-refractivity contribution in [3.63, 3.8) is 0 Å². The Hall–Kier alpha value is -0.540. The zero-order valence-corrected chi connectivity index (χ0v) is 14.2. The Kier molecular flexibility index (Phi) is 8.24. The molecule has 1 N–H and O–H groups in total. The topological polar surface area (TPSA) is 29.9 Å². The first-order chi connectivity index (χ1) is 9.61. The molecule has 20 heavy (non-hydrogen) atoms. The second kappa shape index (κ2) is 9.41. The highest BCUT2D eigenvalue weighted by atomic mass is 35.5. The molecule has 1 heterocycles. The zero-order valence-electron chi connectivity index (χ0n) is 13.5. The van der Waals surface area contributed by atoms with E-state index in [1.807, 2.05) is 0 Å². The first-order valence-corrected chi connectivity index (χ1v) is 8.45. The normalized spacial score (nSPS) is 13.1. The van der Waals surface area contributed by atoms with Crippen molar-refractivity contribution >= 4 is 11.6 Å². The first-order valence-electron chi connectivity index (χ1n) is 8.08. The predicted molar refractivity (Wildman–Crippen MR) is 87.4 cm³/mol. The van der Waals surface area contributed by atoms with Crippen molar-refractivity contribution in [3.8, 4) is 0 Å². The molecule has 0 aliphatic rings. The lowest BCUT2D eigenvalue weighted by Crippen LogP contribution is -2.25. The van der Waals surface area contributed by atoms with Gasteiger partial charge in [-0.1, -0.05) is 51.1 Å². The largest absolute Gasteiger partial charge is 0.309 e. The molecule has 0 aliphatic heterocycles. The number of aromatic nitrogens is 2. The monoisotopic (exact) mass is 299 g/mol. The lowest BCUT2D eigenvalue weighted by Gasteiger charge is -2.22. The van der Waals surface area contributed by atoms with E-state index in [1.54, 1.807) is 6.20 Å². The molecule has 0 amide bonds. The van der Waals surface area contributed by atoms with Gasteiger partial charge in [0, 0.05) is 6.04 Å². The van der Waals surface area contributed by atoms with Crippen LogP contribution in [0.15, 0.2) is 6.20 Å². The number of hydrogen-bond donors (Lipinski definition) is 1. The van der Waals surface area contributed by atoms with Crippen LogP contribution < -0.4 is 5.32 Å². The fourth-order valence-electron chi connectivity index (χ4n) is 2.52. The molecular formula is C16H30ClN3. The van der Waals surface area contributed by atoms with Crippen LogP contribution in [0.3, 0.4) is 0 Å². The average Bonchev–Trinajstić information content (AvgIpc) is 2.80. The van der Waals surface area contributed by atoms with Crippen molar-refractivity contribution < 1.29 is 0 Å². The number of nitrogens with one attached hydrogen (secondary N) is 1. The van der Waals surface area contributed by atoms with E-state index in [-0.39, 0.29) is 0 Å². The van der Waals surface area contributed by atoms with Crippen molar-refractivity contribution in [3.05, 3.63) is 16.9 Å². The van der Waals surface area contributed by atoms with E-state index in [1.165, 1.54) is 25.7 Å². The van der Waals surface area contributed by atoms with Gasteiger partial charge in [-0.15, -0.1) is 0 Å². The molecule has 0 spiro atoms. The minimum Gasteiger partial charge on any atom is -0.309 e. The van der Waals surface area contributed by atoms with Crippen molar-refractivity contribution in [2.24, 2.45) is 0 Å². The third kappa shape index (κ3) is 5.10.